The lowest BCUT2D eigenvalue weighted by Gasteiger charge is -2.15. The zero-order chi connectivity index (χ0) is 21.1. The Morgan fingerprint density at radius 1 is 1.17 bits per heavy atom. The fourth-order valence-corrected chi connectivity index (χ4v) is 3.42. The first-order valence-corrected chi connectivity index (χ1v) is 10.8. The van der Waals surface area contributed by atoms with Crippen LogP contribution in [0.2, 0.25) is 0 Å². The van der Waals surface area contributed by atoms with Crippen LogP contribution < -0.4 is 5.32 Å². The molecule has 0 aliphatic heterocycles. The molecule has 2 rings (SSSR count). The normalized spacial score (nSPS) is 12.4. The summed E-state index contributed by atoms with van der Waals surface area (Å²) in [5, 5.41) is 4.25. The van der Waals surface area contributed by atoms with Crippen molar-refractivity contribution in [2.45, 2.75) is 65.8 Å². The maximum absolute atomic E-state index is 12.6. The Morgan fingerprint density at radius 2 is 2.00 bits per heavy atom. The highest BCUT2D eigenvalue weighted by Crippen LogP contribution is 2.23. The van der Waals surface area contributed by atoms with E-state index in [1.165, 1.54) is 6.08 Å². The number of carbonyl (C=O) groups excluding carboxylic acids is 2. The largest absolute Gasteiger partial charge is 0.463 e. The number of hydrogen-bond acceptors (Lipinski definition) is 3. The quantitative estimate of drug-likeness (QED) is 0.284. The van der Waals surface area contributed by atoms with Gasteiger partial charge in [-0.3, -0.25) is 4.79 Å². The molecular weight excluding hydrogens is 364 g/mol. The lowest BCUT2D eigenvalue weighted by Crippen LogP contribution is -2.22. The monoisotopic (exact) mass is 398 g/mol. The molecule has 0 aliphatic carbocycles. The molecule has 1 aromatic heterocycles. The number of allylic oxidation sites excluding steroid dienone is 1. The SMILES string of the molecule is CCCCC(CC)C(=O)Nc1ccc2ccn(CCCC=CC(=O)OCC)c2c1. The van der Waals surface area contributed by atoms with E-state index in [1.807, 2.05) is 18.2 Å². The van der Waals surface area contributed by atoms with E-state index in [0.717, 1.165) is 61.7 Å². The Kier molecular flexibility index (Phi) is 9.48. The van der Waals surface area contributed by atoms with Crippen LogP contribution in [0.3, 0.4) is 0 Å². The molecule has 1 atom stereocenters. The summed E-state index contributed by atoms with van der Waals surface area (Å²) in [5.41, 5.74) is 1.96. The van der Waals surface area contributed by atoms with Crippen molar-refractivity contribution in [1.82, 2.24) is 4.57 Å². The Bertz CT molecular complexity index is 823. The van der Waals surface area contributed by atoms with Gasteiger partial charge < -0.3 is 14.6 Å². The number of fused-ring (bicyclic) bond motifs is 1. The molecule has 1 amide bonds. The number of anilines is 1. The maximum Gasteiger partial charge on any atom is 0.330 e. The molecule has 0 fully saturated rings. The smallest absolute Gasteiger partial charge is 0.330 e. The molecule has 1 N–H and O–H groups in total. The average Bonchev–Trinajstić information content (AvgIpc) is 3.11. The third-order valence-electron chi connectivity index (χ3n) is 5.12. The van der Waals surface area contributed by atoms with E-state index in [0.29, 0.717) is 6.61 Å². The van der Waals surface area contributed by atoms with Gasteiger partial charge >= 0.3 is 5.97 Å². The molecule has 0 bridgehead atoms. The van der Waals surface area contributed by atoms with Crippen molar-refractivity contribution in [1.29, 1.82) is 0 Å². The highest BCUT2D eigenvalue weighted by atomic mass is 16.5. The molecule has 0 radical (unpaired) electrons. The number of amides is 1. The lowest BCUT2D eigenvalue weighted by molar-refractivity contribution is -0.137. The van der Waals surface area contributed by atoms with Crippen LogP contribution in [-0.4, -0.2) is 23.1 Å². The van der Waals surface area contributed by atoms with Gasteiger partial charge in [0.25, 0.3) is 0 Å². The Hall–Kier alpha value is -2.56. The van der Waals surface area contributed by atoms with E-state index >= 15 is 0 Å². The van der Waals surface area contributed by atoms with Gasteiger partial charge in [-0.1, -0.05) is 38.8 Å². The maximum atomic E-state index is 12.6. The molecule has 1 heterocycles. The zero-order valence-corrected chi connectivity index (χ0v) is 17.9. The Labute approximate surface area is 174 Å². The van der Waals surface area contributed by atoms with Crippen LogP contribution in [0.5, 0.6) is 0 Å². The van der Waals surface area contributed by atoms with Crippen molar-refractivity contribution >= 4 is 28.5 Å². The molecule has 1 aromatic carbocycles. The molecule has 0 saturated carbocycles. The van der Waals surface area contributed by atoms with Gasteiger partial charge in [0.1, 0.15) is 0 Å². The van der Waals surface area contributed by atoms with Gasteiger partial charge in [0, 0.05) is 30.4 Å². The number of ether oxygens (including phenoxy) is 1. The molecule has 158 valence electrons. The summed E-state index contributed by atoms with van der Waals surface area (Å²) in [6.07, 6.45) is 11.2. The minimum absolute atomic E-state index is 0.0728. The van der Waals surface area contributed by atoms with Gasteiger partial charge in [-0.2, -0.15) is 0 Å². The van der Waals surface area contributed by atoms with Crippen LogP contribution in [-0.2, 0) is 20.9 Å². The highest BCUT2D eigenvalue weighted by molar-refractivity contribution is 5.95. The van der Waals surface area contributed by atoms with Crippen LogP contribution in [0.25, 0.3) is 10.9 Å². The Balaban J connectivity index is 1.97. The molecule has 5 heteroatoms. The fraction of sp³-hybridized carbons (Fsp3) is 0.500. The second kappa shape index (κ2) is 12.1. The van der Waals surface area contributed by atoms with Crippen molar-refractivity contribution in [3.8, 4) is 0 Å². The second-order valence-corrected chi connectivity index (χ2v) is 7.32. The molecular formula is C24H34N2O3. The minimum Gasteiger partial charge on any atom is -0.463 e. The molecule has 5 nitrogen and oxygen atoms in total. The standard InChI is InChI=1S/C24H34N2O3/c1-4-7-11-19(5-2)24(28)25-21-14-13-20-15-17-26(22(20)18-21)16-10-8-9-12-23(27)29-6-3/h9,12-15,17-19H,4-8,10-11,16H2,1-3H3,(H,25,28). The number of nitrogens with zero attached hydrogens (tertiary/aromatic N) is 1. The van der Waals surface area contributed by atoms with Crippen molar-refractivity contribution in [2.75, 3.05) is 11.9 Å². The number of unbranched alkanes of at least 4 members (excludes halogenated alkanes) is 2. The van der Waals surface area contributed by atoms with Crippen LogP contribution in [0.4, 0.5) is 5.69 Å². The molecule has 0 spiro atoms. The van der Waals surface area contributed by atoms with Gasteiger partial charge in [-0.05, 0) is 56.2 Å². The van der Waals surface area contributed by atoms with Crippen LogP contribution in [0, 0.1) is 5.92 Å². The summed E-state index contributed by atoms with van der Waals surface area (Å²) in [7, 11) is 0. The van der Waals surface area contributed by atoms with E-state index in [4.69, 9.17) is 4.74 Å². The number of aromatic nitrogens is 1. The van der Waals surface area contributed by atoms with Gasteiger partial charge in [0.15, 0.2) is 0 Å². The number of benzene rings is 1. The summed E-state index contributed by atoms with van der Waals surface area (Å²) in [6.45, 7) is 7.27. The first-order valence-electron chi connectivity index (χ1n) is 10.8. The zero-order valence-electron chi connectivity index (χ0n) is 17.9. The number of carbonyl (C=O) groups is 2. The predicted molar refractivity (Wildman–Crippen MR) is 119 cm³/mol. The van der Waals surface area contributed by atoms with E-state index in [-0.39, 0.29) is 17.8 Å². The lowest BCUT2D eigenvalue weighted by atomic mass is 9.98. The number of hydrogen-bond donors (Lipinski definition) is 1. The fourth-order valence-electron chi connectivity index (χ4n) is 3.42. The van der Waals surface area contributed by atoms with Gasteiger partial charge in [0.05, 0.1) is 12.1 Å². The molecule has 0 aliphatic rings. The van der Waals surface area contributed by atoms with E-state index in [1.54, 1.807) is 6.92 Å². The third-order valence-corrected chi connectivity index (χ3v) is 5.12. The van der Waals surface area contributed by atoms with Crippen LogP contribution >= 0.6 is 0 Å². The summed E-state index contributed by atoms with van der Waals surface area (Å²) in [6, 6.07) is 8.16. The Morgan fingerprint density at radius 3 is 2.72 bits per heavy atom. The summed E-state index contributed by atoms with van der Waals surface area (Å²) in [4.78, 5) is 23.9. The number of rotatable bonds is 12. The van der Waals surface area contributed by atoms with Crippen LogP contribution in [0.15, 0.2) is 42.6 Å². The summed E-state index contributed by atoms with van der Waals surface area (Å²) < 4.78 is 7.07. The third kappa shape index (κ3) is 7.08. The van der Waals surface area contributed by atoms with Crippen molar-refractivity contribution in [2.24, 2.45) is 5.92 Å². The first kappa shape index (κ1) is 22.7. The van der Waals surface area contributed by atoms with E-state index in [2.05, 4.69) is 42.1 Å². The van der Waals surface area contributed by atoms with Gasteiger partial charge in [-0.25, -0.2) is 4.79 Å². The van der Waals surface area contributed by atoms with Crippen molar-refractivity contribution < 1.29 is 14.3 Å². The predicted octanol–water partition coefficient (Wildman–Crippen LogP) is 5.70. The average molecular weight is 399 g/mol. The van der Waals surface area contributed by atoms with E-state index in [9.17, 15) is 9.59 Å². The van der Waals surface area contributed by atoms with Gasteiger partial charge in [0.2, 0.25) is 5.91 Å². The first-order chi connectivity index (χ1) is 14.1. The van der Waals surface area contributed by atoms with Gasteiger partial charge in [-0.15, -0.1) is 0 Å². The number of aryl methyl sites for hydroxylation is 1. The topological polar surface area (TPSA) is 60.3 Å². The second-order valence-electron chi connectivity index (χ2n) is 7.32. The van der Waals surface area contributed by atoms with Crippen molar-refractivity contribution in [3.05, 3.63) is 42.6 Å². The highest BCUT2D eigenvalue weighted by Gasteiger charge is 2.16. The molecule has 2 aromatic rings. The summed E-state index contributed by atoms with van der Waals surface area (Å²) in [5.74, 6) is -0.102. The van der Waals surface area contributed by atoms with Crippen molar-refractivity contribution in [3.63, 3.8) is 0 Å². The van der Waals surface area contributed by atoms with Crippen LogP contribution in [0.1, 0.15) is 59.3 Å². The minimum atomic E-state index is -0.288. The number of nitrogens with one attached hydrogen (secondary N) is 1. The molecule has 1 unspecified atom stereocenters. The summed E-state index contributed by atoms with van der Waals surface area (Å²) >= 11 is 0. The molecule has 0 saturated heterocycles. The van der Waals surface area contributed by atoms with E-state index < -0.39 is 0 Å². The number of esters is 1. The molecule has 29 heavy (non-hydrogen) atoms.